The summed E-state index contributed by atoms with van der Waals surface area (Å²) in [6, 6.07) is 8.59. The number of hydrogen-bond acceptors (Lipinski definition) is 2. The average Bonchev–Trinajstić information content (AvgIpc) is 2.98. The standard InChI is InChI=1S/C24H33N3O/c28-23-26(11-10-25-8-4-1-5-9-25)21-6-2-3-7-22(21)27(23)24-15-18-12-19(16-24)14-20(13-18)17-24/h2-3,6-7,18-20H,1,4-5,8-17H2. The van der Waals surface area contributed by atoms with Crippen molar-refractivity contribution in [3.05, 3.63) is 34.7 Å². The summed E-state index contributed by atoms with van der Waals surface area (Å²) < 4.78 is 4.38. The Morgan fingerprint density at radius 1 is 0.821 bits per heavy atom. The molecule has 4 heteroatoms. The van der Waals surface area contributed by atoms with Crippen LogP contribution in [0.4, 0.5) is 0 Å². The van der Waals surface area contributed by atoms with E-state index in [1.54, 1.807) is 0 Å². The lowest BCUT2D eigenvalue weighted by atomic mass is 9.53. The summed E-state index contributed by atoms with van der Waals surface area (Å²) in [6.45, 7) is 4.23. The van der Waals surface area contributed by atoms with Crippen LogP contribution in [-0.4, -0.2) is 33.7 Å². The number of fused-ring (bicyclic) bond motifs is 1. The van der Waals surface area contributed by atoms with Gasteiger partial charge in [-0.25, -0.2) is 4.79 Å². The maximum absolute atomic E-state index is 13.8. The Morgan fingerprint density at radius 3 is 2.07 bits per heavy atom. The third-order valence-corrected chi connectivity index (χ3v) is 8.40. The molecule has 28 heavy (non-hydrogen) atoms. The summed E-state index contributed by atoms with van der Waals surface area (Å²) >= 11 is 0. The van der Waals surface area contributed by atoms with Crippen molar-refractivity contribution in [3.8, 4) is 0 Å². The van der Waals surface area contributed by atoms with Gasteiger partial charge in [-0.15, -0.1) is 0 Å². The van der Waals surface area contributed by atoms with Gasteiger partial charge in [0.15, 0.2) is 0 Å². The molecular weight excluding hydrogens is 346 g/mol. The lowest BCUT2D eigenvalue weighted by molar-refractivity contribution is -0.0429. The highest BCUT2D eigenvalue weighted by Crippen LogP contribution is 2.58. The Labute approximate surface area is 167 Å². The average molecular weight is 380 g/mol. The van der Waals surface area contributed by atoms with Crippen LogP contribution >= 0.6 is 0 Å². The highest BCUT2D eigenvalue weighted by Gasteiger charge is 2.53. The predicted molar refractivity (Wildman–Crippen MR) is 113 cm³/mol. The molecule has 4 nitrogen and oxygen atoms in total. The van der Waals surface area contributed by atoms with Crippen molar-refractivity contribution in [2.75, 3.05) is 19.6 Å². The molecule has 4 bridgehead atoms. The van der Waals surface area contributed by atoms with E-state index in [0.717, 1.165) is 36.4 Å². The zero-order chi connectivity index (χ0) is 18.7. The SMILES string of the molecule is O=c1n(CCN2CCCCC2)c2ccccc2n1C12CC3CC(CC(C3)C1)C2. The van der Waals surface area contributed by atoms with Gasteiger partial charge in [0.25, 0.3) is 0 Å². The van der Waals surface area contributed by atoms with E-state index in [0.29, 0.717) is 0 Å². The number of rotatable bonds is 4. The fourth-order valence-electron chi connectivity index (χ4n) is 7.65. The van der Waals surface area contributed by atoms with Crippen LogP contribution in [0.5, 0.6) is 0 Å². The van der Waals surface area contributed by atoms with Crippen LogP contribution in [0.15, 0.2) is 29.1 Å². The van der Waals surface area contributed by atoms with E-state index < -0.39 is 0 Å². The smallest absolute Gasteiger partial charge is 0.302 e. The van der Waals surface area contributed by atoms with E-state index in [-0.39, 0.29) is 11.2 Å². The molecule has 0 amide bonds. The van der Waals surface area contributed by atoms with Gasteiger partial charge in [0.2, 0.25) is 0 Å². The molecule has 0 radical (unpaired) electrons. The van der Waals surface area contributed by atoms with Crippen molar-refractivity contribution in [1.29, 1.82) is 0 Å². The molecule has 5 fully saturated rings. The van der Waals surface area contributed by atoms with Crippen LogP contribution in [0.3, 0.4) is 0 Å². The lowest BCUT2D eigenvalue weighted by Crippen LogP contribution is -2.54. The molecule has 1 aromatic carbocycles. The first-order chi connectivity index (χ1) is 13.7. The topological polar surface area (TPSA) is 30.2 Å². The number of likely N-dealkylation sites (tertiary alicyclic amines) is 1. The summed E-state index contributed by atoms with van der Waals surface area (Å²) in [7, 11) is 0. The molecule has 0 atom stereocenters. The molecule has 5 aliphatic rings. The molecule has 2 aromatic rings. The first-order valence-electron chi connectivity index (χ1n) is 11.6. The van der Waals surface area contributed by atoms with Crippen molar-refractivity contribution >= 4 is 11.0 Å². The predicted octanol–water partition coefficient (Wildman–Crippen LogP) is 4.21. The second-order valence-electron chi connectivity index (χ2n) is 10.3. The van der Waals surface area contributed by atoms with Gasteiger partial charge in [-0.05, 0) is 94.3 Å². The van der Waals surface area contributed by atoms with Gasteiger partial charge in [-0.2, -0.15) is 0 Å². The van der Waals surface area contributed by atoms with Crippen LogP contribution in [0.2, 0.25) is 0 Å². The minimum Gasteiger partial charge on any atom is -0.302 e. The van der Waals surface area contributed by atoms with Crippen molar-refractivity contribution in [1.82, 2.24) is 14.0 Å². The zero-order valence-corrected chi connectivity index (χ0v) is 17.0. The minimum atomic E-state index is 0.0990. The molecule has 1 aromatic heterocycles. The van der Waals surface area contributed by atoms with E-state index in [2.05, 4.69) is 38.3 Å². The summed E-state index contributed by atoms with van der Waals surface area (Å²) in [5.74, 6) is 2.57. The van der Waals surface area contributed by atoms with Gasteiger partial charge >= 0.3 is 5.69 Å². The Bertz CT molecular complexity index is 898. The number of para-hydroxylation sites is 2. The molecule has 150 valence electrons. The second kappa shape index (κ2) is 6.48. The van der Waals surface area contributed by atoms with Gasteiger partial charge in [-0.1, -0.05) is 18.6 Å². The van der Waals surface area contributed by atoms with Gasteiger partial charge in [0.1, 0.15) is 0 Å². The number of hydrogen-bond donors (Lipinski definition) is 0. The monoisotopic (exact) mass is 379 g/mol. The normalized spacial score (nSPS) is 35.1. The van der Waals surface area contributed by atoms with E-state index >= 15 is 0 Å². The van der Waals surface area contributed by atoms with Crippen molar-refractivity contribution in [2.45, 2.75) is 69.9 Å². The first kappa shape index (κ1) is 17.3. The third kappa shape index (κ3) is 2.63. The maximum Gasteiger partial charge on any atom is 0.329 e. The number of piperidine rings is 1. The van der Waals surface area contributed by atoms with E-state index in [4.69, 9.17) is 0 Å². The molecule has 4 aliphatic carbocycles. The van der Waals surface area contributed by atoms with Crippen LogP contribution in [0, 0.1) is 17.8 Å². The summed E-state index contributed by atoms with van der Waals surface area (Å²) in [4.78, 5) is 16.3. The number of benzene rings is 1. The maximum atomic E-state index is 13.8. The molecule has 0 N–H and O–H groups in total. The Morgan fingerprint density at radius 2 is 1.43 bits per heavy atom. The molecule has 0 spiro atoms. The molecule has 7 rings (SSSR count). The van der Waals surface area contributed by atoms with Crippen LogP contribution in [0.25, 0.3) is 11.0 Å². The number of aromatic nitrogens is 2. The number of nitrogens with zero attached hydrogens (tertiary/aromatic N) is 3. The fraction of sp³-hybridized carbons (Fsp3) is 0.708. The lowest BCUT2D eigenvalue weighted by Gasteiger charge is -2.57. The van der Waals surface area contributed by atoms with Crippen molar-refractivity contribution < 1.29 is 0 Å². The zero-order valence-electron chi connectivity index (χ0n) is 17.0. The Balaban J connectivity index is 1.40. The molecule has 1 aliphatic heterocycles. The first-order valence-corrected chi connectivity index (χ1v) is 11.6. The molecule has 1 saturated heterocycles. The fourth-order valence-corrected chi connectivity index (χ4v) is 7.65. The minimum absolute atomic E-state index is 0.0990. The van der Waals surface area contributed by atoms with E-state index in [9.17, 15) is 4.79 Å². The van der Waals surface area contributed by atoms with Crippen molar-refractivity contribution in [2.24, 2.45) is 17.8 Å². The Kier molecular flexibility index (Phi) is 4.01. The highest BCUT2D eigenvalue weighted by molar-refractivity contribution is 5.76. The van der Waals surface area contributed by atoms with Gasteiger partial charge < -0.3 is 4.90 Å². The molecular formula is C24H33N3O. The van der Waals surface area contributed by atoms with E-state index in [1.807, 2.05) is 0 Å². The quantitative estimate of drug-likeness (QED) is 0.796. The van der Waals surface area contributed by atoms with Crippen LogP contribution < -0.4 is 5.69 Å². The summed E-state index contributed by atoms with van der Waals surface area (Å²) in [5.41, 5.74) is 2.70. The summed E-state index contributed by atoms with van der Waals surface area (Å²) in [6.07, 6.45) is 11.9. The second-order valence-corrected chi connectivity index (χ2v) is 10.3. The van der Waals surface area contributed by atoms with Gasteiger partial charge in [0.05, 0.1) is 16.6 Å². The van der Waals surface area contributed by atoms with Crippen molar-refractivity contribution in [3.63, 3.8) is 0 Å². The van der Waals surface area contributed by atoms with Gasteiger partial charge in [-0.3, -0.25) is 9.13 Å². The van der Waals surface area contributed by atoms with Gasteiger partial charge in [0, 0.05) is 13.1 Å². The largest absolute Gasteiger partial charge is 0.329 e. The summed E-state index contributed by atoms with van der Waals surface area (Å²) in [5, 5.41) is 0. The Hall–Kier alpha value is -1.55. The molecule has 4 saturated carbocycles. The van der Waals surface area contributed by atoms with Crippen LogP contribution in [-0.2, 0) is 12.1 Å². The molecule has 0 unspecified atom stereocenters. The highest BCUT2D eigenvalue weighted by atomic mass is 16.2. The van der Waals surface area contributed by atoms with Crippen LogP contribution in [0.1, 0.15) is 57.8 Å². The van der Waals surface area contributed by atoms with E-state index in [1.165, 1.54) is 76.4 Å². The molecule has 2 heterocycles. The number of imidazole rings is 1. The third-order valence-electron chi connectivity index (χ3n) is 8.40.